The third kappa shape index (κ3) is 4.58. The van der Waals surface area contributed by atoms with Gasteiger partial charge in [0.1, 0.15) is 0 Å². The van der Waals surface area contributed by atoms with Crippen LogP contribution in [0.2, 0.25) is 63.0 Å². The summed E-state index contributed by atoms with van der Waals surface area (Å²) in [5.74, 6) is 0. The van der Waals surface area contributed by atoms with E-state index < -0.39 is 30.9 Å². The molecule has 0 atom stereocenters. The van der Waals surface area contributed by atoms with E-state index in [1.807, 2.05) is 0 Å². The molecule has 0 radical (unpaired) electrons. The molecule has 28 heavy (non-hydrogen) atoms. The van der Waals surface area contributed by atoms with Gasteiger partial charge in [-0.3, -0.25) is 0 Å². The molecule has 0 aromatic carbocycles. The molecule has 0 N–H and O–H groups in total. The molecule has 0 saturated carbocycles. The van der Waals surface area contributed by atoms with Crippen LogP contribution in [0.15, 0.2) is 11.1 Å². The molecule has 1 aliphatic rings. The maximum absolute atomic E-state index is 7.85. The minimum atomic E-state index is -1.99. The first-order valence-electron chi connectivity index (χ1n) is 11.3. The number of rotatable bonds is 5. The fraction of sp³-hybridized carbons (Fsp3) is 0.913. The average Bonchev–Trinajstić information content (AvgIpc) is 3.05. The molecule has 0 aliphatic heterocycles. The second-order valence-electron chi connectivity index (χ2n) is 14.9. The third-order valence-corrected chi connectivity index (χ3v) is 50.5. The van der Waals surface area contributed by atoms with Crippen molar-refractivity contribution in [2.75, 3.05) is 0 Å². The van der Waals surface area contributed by atoms with Crippen molar-refractivity contribution in [1.82, 2.24) is 0 Å². The molecule has 166 valence electrons. The maximum atomic E-state index is 7.85. The van der Waals surface area contributed by atoms with Gasteiger partial charge >= 0.3 is 0 Å². The number of hydrogen-bond acceptors (Lipinski definition) is 1. The van der Waals surface area contributed by atoms with Gasteiger partial charge in [0, 0.05) is 5.54 Å². The minimum absolute atomic E-state index is 0.252. The second kappa shape index (κ2) is 7.04. The fourth-order valence-corrected chi connectivity index (χ4v) is 62.5. The Morgan fingerprint density at radius 3 is 1.04 bits per heavy atom. The van der Waals surface area contributed by atoms with Crippen LogP contribution in [0, 0.1) is 10.8 Å². The van der Waals surface area contributed by atoms with Crippen molar-refractivity contribution < 1.29 is 4.12 Å². The molecule has 0 heterocycles. The molecule has 5 heteroatoms. The van der Waals surface area contributed by atoms with E-state index in [9.17, 15) is 0 Å². The van der Waals surface area contributed by atoms with Crippen LogP contribution in [-0.4, -0.2) is 30.9 Å². The average molecular weight is 457 g/mol. The Labute approximate surface area is 182 Å². The molecular weight excluding hydrogens is 405 g/mol. The summed E-state index contributed by atoms with van der Waals surface area (Å²) >= 11 is 0. The quantitative estimate of drug-likeness (QED) is 0.297. The van der Waals surface area contributed by atoms with Gasteiger partial charge in [0.05, 0.1) is 15.2 Å². The lowest BCUT2D eigenvalue weighted by Gasteiger charge is -2.57. The highest BCUT2D eigenvalue weighted by Crippen LogP contribution is 2.68. The molecule has 1 rings (SSSR count). The molecule has 0 saturated heterocycles. The molecule has 1 aliphatic carbocycles. The van der Waals surface area contributed by atoms with Gasteiger partial charge in [-0.2, -0.15) is 0 Å². The summed E-state index contributed by atoms with van der Waals surface area (Å²) in [6.07, 6.45) is 0. The van der Waals surface area contributed by atoms with Gasteiger partial charge in [-0.05, 0) is 29.0 Å². The molecule has 1 nitrogen and oxygen atoms in total. The van der Waals surface area contributed by atoms with Crippen molar-refractivity contribution >= 4 is 30.9 Å². The molecule has 0 fully saturated rings. The Bertz CT molecular complexity index is 588. The van der Waals surface area contributed by atoms with Gasteiger partial charge in [-0.25, -0.2) is 0 Å². The lowest BCUT2D eigenvalue weighted by molar-refractivity contribution is 0.483. The van der Waals surface area contributed by atoms with Gasteiger partial charge in [0.15, 0.2) is 15.7 Å². The lowest BCUT2D eigenvalue weighted by atomic mass is 9.89. The van der Waals surface area contributed by atoms with Crippen molar-refractivity contribution in [3.8, 4) is 0 Å². The summed E-state index contributed by atoms with van der Waals surface area (Å²) in [6.45, 7) is 42.8. The van der Waals surface area contributed by atoms with Crippen LogP contribution in [-0.2, 0) is 4.12 Å². The van der Waals surface area contributed by atoms with Crippen LogP contribution in [0.3, 0.4) is 0 Å². The summed E-state index contributed by atoms with van der Waals surface area (Å²) in [4.78, 5) is 0. The normalized spacial score (nSPS) is 18.8. The molecule has 0 spiro atoms. The van der Waals surface area contributed by atoms with E-state index in [0.29, 0.717) is 5.54 Å². The minimum Gasteiger partial charge on any atom is -0.458 e. The Morgan fingerprint density at radius 2 is 0.857 bits per heavy atom. The smallest absolute Gasteiger partial charge is 0.178 e. The Kier molecular flexibility index (Phi) is 6.69. The van der Waals surface area contributed by atoms with Gasteiger partial charge in [-0.1, -0.05) is 113 Å². The summed E-state index contributed by atoms with van der Waals surface area (Å²) in [7, 11) is -6.91. The molecule has 0 unspecified atom stereocenters. The summed E-state index contributed by atoms with van der Waals surface area (Å²) in [5, 5.41) is 0.267. The molecule has 0 amide bonds. The van der Waals surface area contributed by atoms with Gasteiger partial charge in [0.2, 0.25) is 0 Å². The van der Waals surface area contributed by atoms with E-state index in [0.717, 1.165) is 0 Å². The Balaban J connectivity index is 3.82. The highest BCUT2D eigenvalue weighted by molar-refractivity contribution is 7.68. The summed E-state index contributed by atoms with van der Waals surface area (Å²) < 4.78 is 7.85. The zero-order chi connectivity index (χ0) is 22.9. The van der Waals surface area contributed by atoms with E-state index in [-0.39, 0.29) is 15.9 Å². The van der Waals surface area contributed by atoms with Gasteiger partial charge < -0.3 is 4.12 Å². The first kappa shape index (κ1) is 26.6. The van der Waals surface area contributed by atoms with Crippen LogP contribution in [0.25, 0.3) is 0 Å². The zero-order valence-electron chi connectivity index (χ0n) is 22.5. The molecule has 0 aromatic rings. The van der Waals surface area contributed by atoms with Crippen molar-refractivity contribution in [3.05, 3.63) is 11.1 Å². The third-order valence-electron chi connectivity index (χ3n) is 7.26. The number of hydrogen-bond donors (Lipinski definition) is 0. The maximum Gasteiger partial charge on any atom is 0.178 e. The SMILES string of the molecule is CC(C)(C)C1=C(C(C)(C)C)C1[Si](O[Si](C)(C)C(C)(C)C)([Si](C)(C)C)[Si](C)(C)C. The predicted octanol–water partition coefficient (Wildman–Crippen LogP) is 8.56. The van der Waals surface area contributed by atoms with Crippen molar-refractivity contribution in [2.24, 2.45) is 10.8 Å². The van der Waals surface area contributed by atoms with Gasteiger partial charge in [-0.15, -0.1) is 0 Å². The van der Waals surface area contributed by atoms with Crippen molar-refractivity contribution in [3.63, 3.8) is 0 Å². The Hall–Kier alpha value is 0.568. The van der Waals surface area contributed by atoms with Crippen LogP contribution >= 0.6 is 0 Å². The van der Waals surface area contributed by atoms with Crippen LogP contribution in [0.5, 0.6) is 0 Å². The molecule has 0 aromatic heterocycles. The molecular formula is C23H52OSi4. The van der Waals surface area contributed by atoms with Crippen molar-refractivity contribution in [2.45, 2.75) is 125 Å². The largest absolute Gasteiger partial charge is 0.458 e. The first-order valence-corrected chi connectivity index (χ1v) is 25.2. The van der Waals surface area contributed by atoms with Crippen LogP contribution < -0.4 is 0 Å². The number of allylic oxidation sites excluding steroid dienone is 2. The predicted molar refractivity (Wildman–Crippen MR) is 140 cm³/mol. The Morgan fingerprint density at radius 1 is 0.571 bits per heavy atom. The summed E-state index contributed by atoms with van der Waals surface area (Å²) in [5.41, 5.74) is 4.73. The highest BCUT2D eigenvalue weighted by Gasteiger charge is 2.70. The monoisotopic (exact) mass is 456 g/mol. The standard InChI is InChI=1S/C23H52OSi4/c1-21(2,3)18-19(22(4,5)6)20(18)28(25(10,11)12,26(13,14)15)24-27(16,17)23(7,8)9/h20H,1-17H3. The van der Waals surface area contributed by atoms with E-state index in [2.05, 4.69) is 115 Å². The van der Waals surface area contributed by atoms with Crippen LogP contribution in [0.4, 0.5) is 0 Å². The van der Waals surface area contributed by atoms with Gasteiger partial charge in [0.25, 0.3) is 0 Å². The second-order valence-corrected chi connectivity index (χ2v) is 46.2. The summed E-state index contributed by atoms with van der Waals surface area (Å²) in [6, 6.07) is 0. The van der Waals surface area contributed by atoms with E-state index >= 15 is 0 Å². The first-order chi connectivity index (χ1) is 11.8. The lowest BCUT2D eigenvalue weighted by Crippen LogP contribution is -2.77. The molecule has 0 bridgehead atoms. The highest BCUT2D eigenvalue weighted by atomic mass is 29.7. The zero-order valence-corrected chi connectivity index (χ0v) is 26.5. The van der Waals surface area contributed by atoms with E-state index in [1.165, 1.54) is 0 Å². The van der Waals surface area contributed by atoms with E-state index in [1.54, 1.807) is 11.1 Å². The fourth-order valence-electron chi connectivity index (χ4n) is 5.21. The van der Waals surface area contributed by atoms with Crippen molar-refractivity contribution in [1.29, 1.82) is 0 Å². The van der Waals surface area contributed by atoms with Crippen LogP contribution in [0.1, 0.15) is 62.3 Å². The topological polar surface area (TPSA) is 9.23 Å². The van der Waals surface area contributed by atoms with E-state index in [4.69, 9.17) is 4.12 Å².